The van der Waals surface area contributed by atoms with Gasteiger partial charge in [0.2, 0.25) is 0 Å². The average molecular weight is 360 g/mol. The highest BCUT2D eigenvalue weighted by atomic mass is 16.2. The number of nitrogens with zero attached hydrogens (tertiary/aromatic N) is 5. The molecule has 2 amide bonds. The fourth-order valence-corrected chi connectivity index (χ4v) is 4.12. The molecule has 1 aromatic carbocycles. The first-order valence-electron chi connectivity index (χ1n) is 9.13. The first-order chi connectivity index (χ1) is 13.2. The smallest absolute Gasteiger partial charge is 0.319 e. The number of likely N-dealkylation sites (N-methyl/N-ethyl adjacent to an activating group) is 1. The van der Waals surface area contributed by atoms with E-state index < -0.39 is 0 Å². The molecular formula is C20H20N6O. The van der Waals surface area contributed by atoms with E-state index in [1.54, 1.807) is 12.4 Å². The fraction of sp³-hybridized carbons (Fsp3) is 0.300. The number of likely N-dealkylation sites (tertiary alicyclic amines) is 2. The molecule has 0 radical (unpaired) electrons. The molecule has 0 aliphatic carbocycles. The van der Waals surface area contributed by atoms with Crippen LogP contribution < -0.4 is 5.32 Å². The third-order valence-electron chi connectivity index (χ3n) is 5.60. The van der Waals surface area contributed by atoms with Gasteiger partial charge in [-0.05, 0) is 43.1 Å². The highest BCUT2D eigenvalue weighted by Crippen LogP contribution is 2.30. The quantitative estimate of drug-likeness (QED) is 0.760. The van der Waals surface area contributed by atoms with Crippen LogP contribution in [0.25, 0.3) is 22.0 Å². The zero-order valence-electron chi connectivity index (χ0n) is 15.0. The minimum atomic E-state index is -0.0625. The Bertz CT molecular complexity index is 1010. The largest absolute Gasteiger partial charge is 0.323 e. The molecule has 2 fully saturated rings. The number of hydrogen-bond acceptors (Lipinski definition) is 5. The Morgan fingerprint density at radius 2 is 2.07 bits per heavy atom. The van der Waals surface area contributed by atoms with Crippen LogP contribution in [0.2, 0.25) is 0 Å². The number of benzene rings is 1. The van der Waals surface area contributed by atoms with Gasteiger partial charge in [-0.15, -0.1) is 0 Å². The maximum Gasteiger partial charge on any atom is 0.323 e. The SMILES string of the molecule is CN1C[C@@H]2C[C@H]1CN2C(=O)Nc1cc2cc(-c3cccnn3)ccc2cn1. The van der Waals surface area contributed by atoms with Crippen molar-refractivity contribution in [3.05, 3.63) is 48.8 Å². The van der Waals surface area contributed by atoms with E-state index in [1.807, 2.05) is 41.3 Å². The second-order valence-electron chi connectivity index (χ2n) is 7.31. The lowest BCUT2D eigenvalue weighted by molar-refractivity contribution is 0.161. The molecule has 2 aliphatic heterocycles. The van der Waals surface area contributed by atoms with E-state index in [2.05, 4.69) is 32.4 Å². The maximum atomic E-state index is 12.7. The van der Waals surface area contributed by atoms with Crippen LogP contribution in [0.3, 0.4) is 0 Å². The van der Waals surface area contributed by atoms with Crippen LogP contribution in [0.15, 0.2) is 48.8 Å². The summed E-state index contributed by atoms with van der Waals surface area (Å²) < 4.78 is 0. The average Bonchev–Trinajstić information content (AvgIpc) is 3.27. The van der Waals surface area contributed by atoms with Gasteiger partial charge in [0, 0.05) is 48.5 Å². The van der Waals surface area contributed by atoms with Gasteiger partial charge in [-0.1, -0.05) is 12.1 Å². The number of nitrogens with one attached hydrogen (secondary N) is 1. The Morgan fingerprint density at radius 3 is 2.81 bits per heavy atom. The van der Waals surface area contributed by atoms with Gasteiger partial charge < -0.3 is 4.90 Å². The molecule has 1 N–H and O–H groups in total. The van der Waals surface area contributed by atoms with Crippen molar-refractivity contribution in [3.63, 3.8) is 0 Å². The predicted octanol–water partition coefficient (Wildman–Crippen LogP) is 2.61. The molecule has 136 valence electrons. The van der Waals surface area contributed by atoms with Crippen LogP contribution in [0.5, 0.6) is 0 Å². The number of rotatable bonds is 2. The Morgan fingerprint density at radius 1 is 1.15 bits per heavy atom. The van der Waals surface area contributed by atoms with Crippen molar-refractivity contribution in [3.8, 4) is 11.3 Å². The number of fused-ring (bicyclic) bond motifs is 3. The van der Waals surface area contributed by atoms with Crippen LogP contribution in [0, 0.1) is 0 Å². The lowest BCUT2D eigenvalue weighted by Gasteiger charge is -2.31. The molecule has 2 bridgehead atoms. The molecule has 0 spiro atoms. The zero-order valence-corrected chi connectivity index (χ0v) is 15.0. The summed E-state index contributed by atoms with van der Waals surface area (Å²) in [4.78, 5) is 21.3. The molecule has 5 rings (SSSR count). The second kappa shape index (κ2) is 6.28. The monoisotopic (exact) mass is 360 g/mol. The number of hydrogen-bond donors (Lipinski definition) is 1. The number of carbonyl (C=O) groups is 1. The summed E-state index contributed by atoms with van der Waals surface area (Å²) in [6, 6.07) is 12.5. The van der Waals surface area contributed by atoms with Crippen LogP contribution in [-0.4, -0.2) is 63.2 Å². The molecule has 3 aromatic rings. The standard InChI is InChI=1S/C20H20N6O/c1-25-11-17-9-16(25)12-26(17)20(27)23-19-8-15-7-13(4-5-14(15)10-21-19)18-3-2-6-22-24-18/h2-8,10,16-17H,9,11-12H2,1H3,(H,21,23,27)/t16-,17-/m0/s1. The summed E-state index contributed by atoms with van der Waals surface area (Å²) in [5.41, 5.74) is 1.80. The van der Waals surface area contributed by atoms with Gasteiger partial charge >= 0.3 is 6.03 Å². The van der Waals surface area contributed by atoms with Crippen LogP contribution in [-0.2, 0) is 0 Å². The third kappa shape index (κ3) is 2.90. The van der Waals surface area contributed by atoms with Crippen molar-refractivity contribution in [1.82, 2.24) is 25.0 Å². The minimum Gasteiger partial charge on any atom is -0.319 e. The number of anilines is 1. The van der Waals surface area contributed by atoms with Gasteiger partial charge in [0.15, 0.2) is 0 Å². The molecule has 4 heterocycles. The van der Waals surface area contributed by atoms with Crippen molar-refractivity contribution >= 4 is 22.6 Å². The Kier molecular flexibility index (Phi) is 3.75. The van der Waals surface area contributed by atoms with E-state index in [0.29, 0.717) is 17.9 Å². The van der Waals surface area contributed by atoms with E-state index in [4.69, 9.17) is 0 Å². The summed E-state index contributed by atoms with van der Waals surface area (Å²) >= 11 is 0. The van der Waals surface area contributed by atoms with Crippen LogP contribution in [0.4, 0.5) is 10.6 Å². The number of piperazine rings is 1. The molecular weight excluding hydrogens is 340 g/mol. The van der Waals surface area contributed by atoms with Crippen molar-refractivity contribution < 1.29 is 4.79 Å². The van der Waals surface area contributed by atoms with E-state index in [9.17, 15) is 4.79 Å². The molecule has 2 aromatic heterocycles. The Hall–Kier alpha value is -3.06. The van der Waals surface area contributed by atoms with Crippen LogP contribution in [0.1, 0.15) is 6.42 Å². The summed E-state index contributed by atoms with van der Waals surface area (Å²) in [7, 11) is 2.12. The van der Waals surface area contributed by atoms with E-state index >= 15 is 0 Å². The maximum absolute atomic E-state index is 12.7. The van der Waals surface area contributed by atoms with Gasteiger partial charge in [-0.3, -0.25) is 10.2 Å². The van der Waals surface area contributed by atoms with Crippen molar-refractivity contribution in [2.75, 3.05) is 25.5 Å². The molecule has 7 heteroatoms. The molecule has 0 unspecified atom stereocenters. The molecule has 2 aliphatic rings. The minimum absolute atomic E-state index is 0.0625. The van der Waals surface area contributed by atoms with Crippen molar-refractivity contribution in [2.24, 2.45) is 0 Å². The summed E-state index contributed by atoms with van der Waals surface area (Å²) in [6.07, 6.45) is 4.51. The lowest BCUT2D eigenvalue weighted by atomic mass is 10.1. The van der Waals surface area contributed by atoms with Crippen LogP contribution >= 0.6 is 0 Å². The number of pyridine rings is 1. The van der Waals surface area contributed by atoms with E-state index in [-0.39, 0.29) is 6.03 Å². The summed E-state index contributed by atoms with van der Waals surface area (Å²) in [5.74, 6) is 0.569. The Labute approximate surface area is 157 Å². The molecule has 7 nitrogen and oxygen atoms in total. The normalized spacial score (nSPS) is 21.7. The van der Waals surface area contributed by atoms with Gasteiger partial charge in [0.1, 0.15) is 5.82 Å². The second-order valence-corrected chi connectivity index (χ2v) is 7.31. The van der Waals surface area contributed by atoms with Gasteiger partial charge in [0.25, 0.3) is 0 Å². The molecule has 2 atom stereocenters. The highest BCUT2D eigenvalue weighted by molar-refractivity contribution is 5.93. The van der Waals surface area contributed by atoms with Gasteiger partial charge in [0.05, 0.1) is 5.69 Å². The fourth-order valence-electron chi connectivity index (χ4n) is 4.12. The third-order valence-corrected chi connectivity index (χ3v) is 5.60. The number of amides is 2. The highest BCUT2D eigenvalue weighted by Gasteiger charge is 2.43. The zero-order chi connectivity index (χ0) is 18.4. The molecule has 27 heavy (non-hydrogen) atoms. The number of aromatic nitrogens is 3. The van der Waals surface area contributed by atoms with Gasteiger partial charge in [-0.2, -0.15) is 10.2 Å². The van der Waals surface area contributed by atoms with Crippen molar-refractivity contribution in [2.45, 2.75) is 18.5 Å². The first kappa shape index (κ1) is 16.1. The number of urea groups is 1. The lowest BCUT2D eigenvalue weighted by Crippen LogP contribution is -2.48. The topological polar surface area (TPSA) is 74.2 Å². The van der Waals surface area contributed by atoms with E-state index in [1.165, 1.54) is 0 Å². The van der Waals surface area contributed by atoms with Gasteiger partial charge in [-0.25, -0.2) is 9.78 Å². The number of carbonyl (C=O) groups excluding carboxylic acids is 1. The molecule has 2 saturated heterocycles. The molecule has 0 saturated carbocycles. The van der Waals surface area contributed by atoms with E-state index in [0.717, 1.165) is 41.5 Å². The van der Waals surface area contributed by atoms with Crippen molar-refractivity contribution in [1.29, 1.82) is 0 Å². The predicted molar refractivity (Wildman–Crippen MR) is 103 cm³/mol. The first-order valence-corrected chi connectivity index (χ1v) is 9.13. The summed E-state index contributed by atoms with van der Waals surface area (Å²) in [5, 5.41) is 13.1. The summed E-state index contributed by atoms with van der Waals surface area (Å²) in [6.45, 7) is 1.74. The Balaban J connectivity index is 1.38.